The minimum atomic E-state index is -0.484. The van der Waals surface area contributed by atoms with Gasteiger partial charge in [-0.1, -0.05) is 47.6 Å². The Morgan fingerprint density at radius 1 is 1.21 bits per heavy atom. The van der Waals surface area contributed by atoms with Gasteiger partial charge in [-0.15, -0.1) is 11.8 Å². The van der Waals surface area contributed by atoms with Gasteiger partial charge in [0.2, 0.25) is 0 Å². The van der Waals surface area contributed by atoms with Crippen LogP contribution in [0.25, 0.3) is 0 Å². The summed E-state index contributed by atoms with van der Waals surface area (Å²) < 4.78 is 0.979. The van der Waals surface area contributed by atoms with Crippen LogP contribution in [-0.2, 0) is 12.2 Å². The quantitative estimate of drug-likeness (QED) is 0.223. The second-order valence-corrected chi connectivity index (χ2v) is 8.81. The van der Waals surface area contributed by atoms with E-state index in [2.05, 4.69) is 0 Å². The number of thioether (sulfide) groups is 2. The lowest BCUT2D eigenvalue weighted by molar-refractivity contribution is 0.216. The van der Waals surface area contributed by atoms with Gasteiger partial charge in [-0.05, 0) is 54.5 Å². The van der Waals surface area contributed by atoms with Gasteiger partial charge < -0.3 is 0 Å². The lowest BCUT2D eigenvalue weighted by Crippen LogP contribution is -2.49. The Hall–Kier alpha value is -1.71. The highest BCUT2D eigenvalue weighted by molar-refractivity contribution is 8.38. The summed E-state index contributed by atoms with van der Waals surface area (Å²) in [5.74, 6) is 12.2. The highest BCUT2D eigenvalue weighted by Crippen LogP contribution is 2.29. The van der Waals surface area contributed by atoms with Crippen LogP contribution in [0.15, 0.2) is 47.5 Å². The number of nitrogens with zero attached hydrogens (tertiary/aromatic N) is 3. The van der Waals surface area contributed by atoms with Crippen LogP contribution in [0.1, 0.15) is 16.7 Å². The van der Waals surface area contributed by atoms with E-state index in [0.717, 1.165) is 42.5 Å². The number of anilines is 1. The van der Waals surface area contributed by atoms with E-state index in [9.17, 15) is 4.79 Å². The zero-order chi connectivity index (χ0) is 21.4. The van der Waals surface area contributed by atoms with Gasteiger partial charge in [-0.2, -0.15) is 0 Å². The third-order valence-electron chi connectivity index (χ3n) is 4.20. The molecule has 6 nitrogen and oxygen atoms in total. The third-order valence-corrected chi connectivity index (χ3v) is 6.57. The number of urea groups is 1. The average molecular weight is 452 g/mol. The molecule has 0 saturated carbocycles. The Labute approximate surface area is 185 Å². The van der Waals surface area contributed by atoms with E-state index in [4.69, 9.17) is 28.3 Å². The first-order valence-electron chi connectivity index (χ1n) is 8.95. The number of aryl methyl sites for hydroxylation is 1. The second-order valence-electron chi connectivity index (χ2n) is 6.36. The average Bonchev–Trinajstić information content (AvgIpc) is 2.70. The molecule has 0 atom stereocenters. The molecular formula is C20H26ClN5OS2. The van der Waals surface area contributed by atoms with Crippen molar-refractivity contribution < 1.29 is 4.79 Å². The SMILES string of the molecule is CSC(=NCCc1cccc(Cl)c1)SCc1c(C)cccc1N(N)C(=O)N(C)N. The maximum atomic E-state index is 12.2. The normalized spacial score (nSPS) is 11.4. The number of hydrazine groups is 2. The van der Waals surface area contributed by atoms with Gasteiger partial charge in [-0.3, -0.25) is 10.0 Å². The fourth-order valence-electron chi connectivity index (χ4n) is 2.65. The van der Waals surface area contributed by atoms with Crippen molar-refractivity contribution in [1.82, 2.24) is 5.01 Å². The van der Waals surface area contributed by atoms with Gasteiger partial charge in [-0.25, -0.2) is 21.5 Å². The van der Waals surface area contributed by atoms with E-state index in [-0.39, 0.29) is 0 Å². The molecule has 29 heavy (non-hydrogen) atoms. The van der Waals surface area contributed by atoms with Crippen molar-refractivity contribution in [3.05, 3.63) is 64.2 Å². The van der Waals surface area contributed by atoms with Crippen molar-refractivity contribution in [2.45, 2.75) is 19.1 Å². The van der Waals surface area contributed by atoms with Crippen LogP contribution in [0, 0.1) is 6.92 Å². The van der Waals surface area contributed by atoms with E-state index >= 15 is 0 Å². The number of aliphatic imine (C=N–C) groups is 1. The van der Waals surface area contributed by atoms with Gasteiger partial charge >= 0.3 is 6.03 Å². The van der Waals surface area contributed by atoms with E-state index in [1.807, 2.05) is 55.6 Å². The van der Waals surface area contributed by atoms with Crippen LogP contribution >= 0.6 is 35.1 Å². The smallest absolute Gasteiger partial charge is 0.271 e. The molecule has 0 fully saturated rings. The van der Waals surface area contributed by atoms with E-state index in [1.165, 1.54) is 7.05 Å². The Morgan fingerprint density at radius 2 is 1.93 bits per heavy atom. The van der Waals surface area contributed by atoms with Crippen LogP contribution in [-0.4, -0.2) is 35.3 Å². The van der Waals surface area contributed by atoms with Crippen molar-refractivity contribution in [1.29, 1.82) is 0 Å². The first kappa shape index (κ1) is 23.6. The molecule has 0 aliphatic rings. The minimum absolute atomic E-state index is 0.484. The number of amides is 2. The Bertz CT molecular complexity index is 876. The summed E-state index contributed by atoms with van der Waals surface area (Å²) in [5, 5.41) is 2.78. The molecule has 0 spiro atoms. The number of hydrogen-bond acceptors (Lipinski definition) is 6. The molecule has 0 aromatic heterocycles. The molecule has 0 heterocycles. The summed E-state index contributed by atoms with van der Waals surface area (Å²) in [7, 11) is 1.46. The van der Waals surface area contributed by atoms with Crippen LogP contribution in [0.2, 0.25) is 5.02 Å². The largest absolute Gasteiger partial charge is 0.352 e. The molecule has 0 saturated heterocycles. The topological polar surface area (TPSA) is 88.0 Å². The standard InChI is InChI=1S/C20H26ClN5OS2/c1-14-6-4-9-18(26(23)20(27)25(2)22)17(14)13-29-19(28-3)24-11-10-15-7-5-8-16(21)12-15/h4-9,12H,10-11,13,22-23H2,1-3H3. The van der Waals surface area contributed by atoms with Gasteiger partial charge in [0, 0.05) is 24.4 Å². The number of carbonyl (C=O) groups excluding carboxylic acids is 1. The summed E-state index contributed by atoms with van der Waals surface area (Å²) in [6, 6.07) is 13.0. The first-order chi connectivity index (χ1) is 13.8. The molecule has 0 aliphatic carbocycles. The maximum absolute atomic E-state index is 12.2. The van der Waals surface area contributed by atoms with Crippen molar-refractivity contribution in [2.75, 3.05) is 24.9 Å². The molecule has 2 aromatic rings. The lowest BCUT2D eigenvalue weighted by atomic mass is 10.1. The Morgan fingerprint density at radius 3 is 2.59 bits per heavy atom. The number of nitrogens with two attached hydrogens (primary N) is 2. The molecule has 2 amide bonds. The summed E-state index contributed by atoms with van der Waals surface area (Å²) in [6.07, 6.45) is 2.83. The van der Waals surface area contributed by atoms with Gasteiger partial charge in [0.25, 0.3) is 0 Å². The monoisotopic (exact) mass is 451 g/mol. The van der Waals surface area contributed by atoms with Gasteiger partial charge in [0.05, 0.1) is 5.69 Å². The van der Waals surface area contributed by atoms with Crippen molar-refractivity contribution in [3.8, 4) is 0 Å². The summed E-state index contributed by atoms with van der Waals surface area (Å²) >= 11 is 9.27. The second kappa shape index (κ2) is 11.5. The van der Waals surface area contributed by atoms with E-state index in [0.29, 0.717) is 18.0 Å². The van der Waals surface area contributed by atoms with Crippen LogP contribution in [0.3, 0.4) is 0 Å². The molecule has 2 aromatic carbocycles. The molecular weight excluding hydrogens is 426 g/mol. The summed E-state index contributed by atoms with van der Waals surface area (Å²) in [4.78, 5) is 16.9. The third kappa shape index (κ3) is 6.94. The Balaban J connectivity index is 2.07. The first-order valence-corrected chi connectivity index (χ1v) is 11.5. The van der Waals surface area contributed by atoms with Gasteiger partial charge in [0.15, 0.2) is 0 Å². The number of carbonyl (C=O) groups is 1. The number of rotatable bonds is 6. The molecule has 0 radical (unpaired) electrons. The van der Waals surface area contributed by atoms with Crippen molar-refractivity contribution in [3.63, 3.8) is 0 Å². The lowest BCUT2D eigenvalue weighted by Gasteiger charge is -2.24. The molecule has 0 unspecified atom stereocenters. The van der Waals surface area contributed by atoms with Crippen molar-refractivity contribution >= 4 is 51.2 Å². The zero-order valence-electron chi connectivity index (χ0n) is 16.8. The van der Waals surface area contributed by atoms with E-state index in [1.54, 1.807) is 23.5 Å². The van der Waals surface area contributed by atoms with Crippen molar-refractivity contribution in [2.24, 2.45) is 16.7 Å². The summed E-state index contributed by atoms with van der Waals surface area (Å²) in [5.41, 5.74) is 3.83. The molecule has 4 N–H and O–H groups in total. The van der Waals surface area contributed by atoms with Crippen LogP contribution < -0.4 is 16.7 Å². The highest BCUT2D eigenvalue weighted by Gasteiger charge is 2.19. The Kier molecular flexibility index (Phi) is 9.32. The molecule has 2 rings (SSSR count). The predicted molar refractivity (Wildman–Crippen MR) is 127 cm³/mol. The highest BCUT2D eigenvalue weighted by atomic mass is 35.5. The van der Waals surface area contributed by atoms with E-state index < -0.39 is 6.03 Å². The number of hydrogen-bond donors (Lipinski definition) is 2. The molecule has 156 valence electrons. The van der Waals surface area contributed by atoms with Gasteiger partial charge in [0.1, 0.15) is 4.38 Å². The van der Waals surface area contributed by atoms with Crippen LogP contribution in [0.5, 0.6) is 0 Å². The fraction of sp³-hybridized carbons (Fsp3) is 0.300. The molecule has 0 bridgehead atoms. The molecule has 9 heteroatoms. The van der Waals surface area contributed by atoms with Crippen LogP contribution in [0.4, 0.5) is 10.5 Å². The fourth-order valence-corrected chi connectivity index (χ4v) is 4.55. The zero-order valence-corrected chi connectivity index (χ0v) is 19.2. The minimum Gasteiger partial charge on any atom is -0.271 e. The number of benzene rings is 2. The maximum Gasteiger partial charge on any atom is 0.352 e. The number of halogens is 1. The summed E-state index contributed by atoms with van der Waals surface area (Å²) in [6.45, 7) is 2.68. The molecule has 0 aliphatic heterocycles. The predicted octanol–water partition coefficient (Wildman–Crippen LogP) is 4.45.